The normalized spacial score (nSPS) is 10.7. The molecule has 0 N–H and O–H groups in total. The predicted molar refractivity (Wildman–Crippen MR) is 52.1 cm³/mol. The molecule has 4 heteroatoms. The Bertz CT molecular complexity index is 411. The summed E-state index contributed by atoms with van der Waals surface area (Å²) in [6.07, 6.45) is 2.63. The van der Waals surface area contributed by atoms with Gasteiger partial charge in [0.1, 0.15) is 5.82 Å². The van der Waals surface area contributed by atoms with E-state index in [1.807, 2.05) is 0 Å². The number of ketones is 1. The van der Waals surface area contributed by atoms with E-state index < -0.39 is 17.4 Å². The second kappa shape index (κ2) is 4.68. The van der Waals surface area contributed by atoms with Crippen LogP contribution in [0.15, 0.2) is 24.3 Å². The number of carbonyl (C=O) groups is 1. The lowest BCUT2D eigenvalue weighted by atomic mass is 10.1. The highest BCUT2D eigenvalue weighted by atomic mass is 19.1. The fraction of sp³-hybridized carbons (Fsp3) is 0.182. The van der Waals surface area contributed by atoms with Crippen LogP contribution >= 0.6 is 0 Å². The highest BCUT2D eigenvalue weighted by molar-refractivity contribution is 6.04. The summed E-state index contributed by atoms with van der Waals surface area (Å²) in [5.74, 6) is -2.34. The maximum absolute atomic E-state index is 13.3. The number of rotatable bonds is 3. The van der Waals surface area contributed by atoms with Crippen LogP contribution in [0.5, 0.6) is 5.75 Å². The Morgan fingerprint density at radius 2 is 2.00 bits per heavy atom. The van der Waals surface area contributed by atoms with Crippen LogP contribution in [0.25, 0.3) is 0 Å². The molecule has 0 aliphatic rings. The third-order valence-corrected chi connectivity index (χ3v) is 1.82. The molecule has 1 aromatic carbocycles. The van der Waals surface area contributed by atoms with Crippen LogP contribution in [0.4, 0.5) is 8.78 Å². The number of hydrogen-bond acceptors (Lipinski definition) is 2. The first kappa shape index (κ1) is 11.4. The maximum Gasteiger partial charge on any atom is 0.188 e. The Morgan fingerprint density at radius 3 is 2.53 bits per heavy atom. The monoisotopic (exact) mass is 212 g/mol. The Kier molecular flexibility index (Phi) is 3.55. The topological polar surface area (TPSA) is 26.3 Å². The highest BCUT2D eigenvalue weighted by Gasteiger charge is 2.14. The smallest absolute Gasteiger partial charge is 0.188 e. The van der Waals surface area contributed by atoms with Crippen molar-refractivity contribution in [2.24, 2.45) is 0 Å². The number of methoxy groups -OCH3 is 1. The van der Waals surface area contributed by atoms with Gasteiger partial charge in [-0.2, -0.15) is 0 Å². The number of allylic oxidation sites excluding steroid dienone is 2. The van der Waals surface area contributed by atoms with Crippen LogP contribution in [0.2, 0.25) is 0 Å². The molecule has 2 nitrogen and oxygen atoms in total. The molecule has 0 aliphatic carbocycles. The molecule has 80 valence electrons. The molecular weight excluding hydrogens is 202 g/mol. The van der Waals surface area contributed by atoms with Crippen molar-refractivity contribution in [3.8, 4) is 5.75 Å². The van der Waals surface area contributed by atoms with Gasteiger partial charge in [0.15, 0.2) is 17.3 Å². The van der Waals surface area contributed by atoms with E-state index in [0.29, 0.717) is 0 Å². The molecule has 1 aromatic rings. The number of hydrogen-bond donors (Lipinski definition) is 0. The predicted octanol–water partition coefficient (Wildman–Crippen LogP) is 2.73. The minimum Gasteiger partial charge on any atom is -0.494 e. The Morgan fingerprint density at radius 1 is 1.33 bits per heavy atom. The zero-order valence-corrected chi connectivity index (χ0v) is 8.38. The molecule has 0 atom stereocenters. The Labute approximate surface area is 86.2 Å². The van der Waals surface area contributed by atoms with E-state index >= 15 is 0 Å². The van der Waals surface area contributed by atoms with Gasteiger partial charge in [-0.05, 0) is 19.1 Å². The molecule has 0 unspecified atom stereocenters. The molecule has 0 radical (unpaired) electrons. The summed E-state index contributed by atoms with van der Waals surface area (Å²) in [5, 5.41) is 0. The summed E-state index contributed by atoms with van der Waals surface area (Å²) in [6, 6.07) is 1.68. The largest absolute Gasteiger partial charge is 0.494 e. The fourth-order valence-corrected chi connectivity index (χ4v) is 1.11. The van der Waals surface area contributed by atoms with Crippen molar-refractivity contribution in [2.75, 3.05) is 7.11 Å². The average molecular weight is 212 g/mol. The molecule has 15 heavy (non-hydrogen) atoms. The van der Waals surface area contributed by atoms with Gasteiger partial charge in [-0.3, -0.25) is 4.79 Å². The van der Waals surface area contributed by atoms with Crippen molar-refractivity contribution in [1.29, 1.82) is 0 Å². The first-order valence-corrected chi connectivity index (χ1v) is 4.30. The van der Waals surface area contributed by atoms with E-state index in [9.17, 15) is 13.6 Å². The lowest BCUT2D eigenvalue weighted by Crippen LogP contribution is -2.01. The van der Waals surface area contributed by atoms with Crippen molar-refractivity contribution in [2.45, 2.75) is 6.92 Å². The van der Waals surface area contributed by atoms with Crippen LogP contribution in [0, 0.1) is 11.6 Å². The number of benzene rings is 1. The van der Waals surface area contributed by atoms with Crippen molar-refractivity contribution in [1.82, 2.24) is 0 Å². The molecule has 0 aromatic heterocycles. The Balaban J connectivity index is 3.21. The minimum absolute atomic E-state index is 0.218. The van der Waals surface area contributed by atoms with Gasteiger partial charge in [0.05, 0.1) is 12.7 Å². The summed E-state index contributed by atoms with van der Waals surface area (Å²) in [7, 11) is 1.23. The van der Waals surface area contributed by atoms with Gasteiger partial charge < -0.3 is 4.74 Å². The van der Waals surface area contributed by atoms with E-state index in [4.69, 9.17) is 0 Å². The summed E-state index contributed by atoms with van der Waals surface area (Å²) in [4.78, 5) is 11.3. The molecule has 0 aliphatic heterocycles. The molecule has 0 heterocycles. The highest BCUT2D eigenvalue weighted by Crippen LogP contribution is 2.21. The maximum atomic E-state index is 13.3. The van der Waals surface area contributed by atoms with Gasteiger partial charge in [0.25, 0.3) is 0 Å². The van der Waals surface area contributed by atoms with Crippen LogP contribution in [0.1, 0.15) is 17.3 Å². The molecule has 0 saturated carbocycles. The second-order valence-corrected chi connectivity index (χ2v) is 2.83. The van der Waals surface area contributed by atoms with Gasteiger partial charge in [-0.15, -0.1) is 0 Å². The molecule has 0 saturated heterocycles. The summed E-state index contributed by atoms with van der Waals surface area (Å²) in [5.41, 5.74) is -0.300. The lowest BCUT2D eigenvalue weighted by molar-refractivity contribution is 0.104. The molecule has 1 rings (SSSR count). The van der Waals surface area contributed by atoms with Crippen LogP contribution < -0.4 is 4.74 Å². The molecular formula is C11H10F2O2. The van der Waals surface area contributed by atoms with Gasteiger partial charge in [0.2, 0.25) is 0 Å². The SMILES string of the molecule is CC=CC(=O)c1cc(F)c(OC)cc1F. The fourth-order valence-electron chi connectivity index (χ4n) is 1.11. The number of halogens is 2. The van der Waals surface area contributed by atoms with Gasteiger partial charge in [-0.25, -0.2) is 8.78 Å². The first-order valence-electron chi connectivity index (χ1n) is 4.30. The van der Waals surface area contributed by atoms with Crippen LogP contribution in [-0.2, 0) is 0 Å². The van der Waals surface area contributed by atoms with E-state index in [1.165, 1.54) is 19.3 Å². The number of carbonyl (C=O) groups excluding carboxylic acids is 1. The van der Waals surface area contributed by atoms with Crippen molar-refractivity contribution >= 4 is 5.78 Å². The van der Waals surface area contributed by atoms with E-state index in [0.717, 1.165) is 12.1 Å². The van der Waals surface area contributed by atoms with Crippen molar-refractivity contribution in [3.05, 3.63) is 41.5 Å². The van der Waals surface area contributed by atoms with E-state index in [1.54, 1.807) is 6.92 Å². The van der Waals surface area contributed by atoms with Crippen molar-refractivity contribution in [3.63, 3.8) is 0 Å². The van der Waals surface area contributed by atoms with Crippen molar-refractivity contribution < 1.29 is 18.3 Å². The van der Waals surface area contributed by atoms with E-state index in [2.05, 4.69) is 4.74 Å². The zero-order valence-electron chi connectivity index (χ0n) is 8.38. The molecule has 0 spiro atoms. The zero-order chi connectivity index (χ0) is 11.4. The third-order valence-electron chi connectivity index (χ3n) is 1.82. The first-order chi connectivity index (χ1) is 7.10. The molecule has 0 bridgehead atoms. The second-order valence-electron chi connectivity index (χ2n) is 2.83. The molecule has 0 amide bonds. The van der Waals surface area contributed by atoms with Crippen LogP contribution in [-0.4, -0.2) is 12.9 Å². The van der Waals surface area contributed by atoms with Crippen LogP contribution in [0.3, 0.4) is 0 Å². The van der Waals surface area contributed by atoms with Gasteiger partial charge in [-0.1, -0.05) is 6.08 Å². The lowest BCUT2D eigenvalue weighted by Gasteiger charge is -2.04. The van der Waals surface area contributed by atoms with Gasteiger partial charge in [0, 0.05) is 6.07 Å². The standard InChI is InChI=1S/C11H10F2O2/c1-3-4-10(14)7-5-9(13)11(15-2)6-8(7)12/h3-6H,1-2H3. The summed E-state index contributed by atoms with van der Waals surface area (Å²) in [6.45, 7) is 1.62. The van der Waals surface area contributed by atoms with Gasteiger partial charge >= 0.3 is 0 Å². The minimum atomic E-state index is -0.795. The number of ether oxygens (including phenoxy) is 1. The summed E-state index contributed by atoms with van der Waals surface area (Å²) < 4.78 is 31.0. The van der Waals surface area contributed by atoms with E-state index in [-0.39, 0.29) is 11.3 Å². The quantitative estimate of drug-likeness (QED) is 0.568. The summed E-state index contributed by atoms with van der Waals surface area (Å²) >= 11 is 0. The third kappa shape index (κ3) is 2.40. The Hall–Kier alpha value is -1.71. The average Bonchev–Trinajstić information content (AvgIpc) is 2.21. The molecule has 0 fully saturated rings.